The smallest absolute Gasteiger partial charge is 0.264 e. The van der Waals surface area contributed by atoms with Crippen molar-refractivity contribution in [1.82, 2.24) is 9.78 Å². The van der Waals surface area contributed by atoms with E-state index in [0.717, 1.165) is 0 Å². The van der Waals surface area contributed by atoms with Gasteiger partial charge >= 0.3 is 0 Å². The third-order valence-electron chi connectivity index (χ3n) is 2.71. The molecule has 0 radical (unpaired) electrons. The lowest BCUT2D eigenvalue weighted by atomic mass is 10.2. The molecule has 0 N–H and O–H groups in total. The first-order valence-corrected chi connectivity index (χ1v) is 6.20. The van der Waals surface area contributed by atoms with E-state index in [1.165, 1.54) is 24.7 Å². The van der Waals surface area contributed by atoms with Crippen molar-refractivity contribution in [1.29, 1.82) is 5.26 Å². The van der Waals surface area contributed by atoms with Crippen molar-refractivity contribution in [2.45, 2.75) is 18.6 Å². The molecule has 0 spiro atoms. The lowest BCUT2D eigenvalue weighted by molar-refractivity contribution is -0.120. The van der Waals surface area contributed by atoms with E-state index in [9.17, 15) is 13.2 Å². The number of amides is 1. The van der Waals surface area contributed by atoms with Crippen LogP contribution in [0.15, 0.2) is 6.20 Å². The number of rotatable bonds is 1. The number of hydrogen-bond donors (Lipinski definition) is 0. The van der Waals surface area contributed by atoms with Gasteiger partial charge < -0.3 is 0 Å². The van der Waals surface area contributed by atoms with Gasteiger partial charge in [-0.25, -0.2) is 8.42 Å². The van der Waals surface area contributed by atoms with Gasteiger partial charge in [-0.3, -0.25) is 9.48 Å². The summed E-state index contributed by atoms with van der Waals surface area (Å²) in [6.45, 7) is 2.66. The van der Waals surface area contributed by atoms with Crippen LogP contribution >= 0.6 is 0 Å². The molecule has 0 saturated carbocycles. The van der Waals surface area contributed by atoms with E-state index >= 15 is 0 Å². The summed E-state index contributed by atoms with van der Waals surface area (Å²) in [5.74, 6) is -0.702. The van der Waals surface area contributed by atoms with Crippen molar-refractivity contribution in [2.75, 3.05) is 4.31 Å². The molecule has 2 rings (SSSR count). The number of sulfonamides is 1. The molecule has 8 heteroatoms. The monoisotopic (exact) mass is 254 g/mol. The molecule has 0 atom stereocenters. The van der Waals surface area contributed by atoms with Crippen molar-refractivity contribution >= 4 is 21.7 Å². The van der Waals surface area contributed by atoms with Crippen LogP contribution in [-0.2, 0) is 21.9 Å². The third kappa shape index (κ3) is 1.23. The zero-order valence-electron chi connectivity index (χ0n) is 9.50. The van der Waals surface area contributed by atoms with Crippen molar-refractivity contribution in [2.24, 2.45) is 7.05 Å². The Hall–Kier alpha value is -1.88. The van der Waals surface area contributed by atoms with Crippen LogP contribution in [0.4, 0.5) is 5.82 Å². The molecule has 0 aliphatic carbocycles. The summed E-state index contributed by atoms with van der Waals surface area (Å²) in [7, 11) is -2.22. The molecule has 7 nitrogen and oxygen atoms in total. The Balaban J connectivity index is 2.59. The molecule has 17 heavy (non-hydrogen) atoms. The fraction of sp³-hybridized carbons (Fsp3) is 0.444. The molecular weight excluding hydrogens is 244 g/mol. The van der Waals surface area contributed by atoms with Gasteiger partial charge in [-0.1, -0.05) is 0 Å². The minimum Gasteiger partial charge on any atom is -0.272 e. The van der Waals surface area contributed by atoms with Gasteiger partial charge in [0.2, 0.25) is 0 Å². The van der Waals surface area contributed by atoms with E-state index in [-0.39, 0.29) is 11.4 Å². The highest BCUT2D eigenvalue weighted by atomic mass is 32.2. The summed E-state index contributed by atoms with van der Waals surface area (Å²) in [6.07, 6.45) is 1.36. The maximum absolute atomic E-state index is 11.9. The fourth-order valence-electron chi connectivity index (χ4n) is 1.57. The van der Waals surface area contributed by atoms with E-state index in [1.807, 2.05) is 6.07 Å². The summed E-state index contributed by atoms with van der Waals surface area (Å²) < 4.78 is 24.2. The third-order valence-corrected chi connectivity index (χ3v) is 4.99. The van der Waals surface area contributed by atoms with Gasteiger partial charge in [-0.2, -0.15) is 14.7 Å². The van der Waals surface area contributed by atoms with Crippen LogP contribution in [0.25, 0.3) is 0 Å². The van der Waals surface area contributed by atoms with E-state index in [2.05, 4.69) is 5.10 Å². The second-order valence-electron chi connectivity index (χ2n) is 4.24. The van der Waals surface area contributed by atoms with Crippen molar-refractivity contribution in [3.05, 3.63) is 11.8 Å². The van der Waals surface area contributed by atoms with Crippen LogP contribution < -0.4 is 4.31 Å². The van der Waals surface area contributed by atoms with Crippen LogP contribution in [0.3, 0.4) is 0 Å². The number of carbonyl (C=O) groups excluding carboxylic acids is 1. The molecule has 1 aliphatic heterocycles. The molecule has 90 valence electrons. The summed E-state index contributed by atoms with van der Waals surface area (Å²) in [5.41, 5.74) is 0.0555. The normalized spacial score (nSPS) is 20.8. The minimum atomic E-state index is -3.77. The zero-order valence-corrected chi connectivity index (χ0v) is 10.3. The average molecular weight is 254 g/mol. The minimum absolute atomic E-state index is 0.0555. The van der Waals surface area contributed by atoms with Gasteiger partial charge in [0.1, 0.15) is 11.6 Å². The molecule has 1 amide bonds. The topological polar surface area (TPSA) is 96.1 Å². The average Bonchev–Trinajstić information content (AvgIpc) is 2.58. The lowest BCUT2D eigenvalue weighted by Gasteiger charge is -2.41. The molecule has 0 bridgehead atoms. The molecular formula is C9H10N4O3S. The molecule has 2 heterocycles. The largest absolute Gasteiger partial charge is 0.272 e. The Morgan fingerprint density at radius 3 is 2.53 bits per heavy atom. The first-order chi connectivity index (χ1) is 7.73. The van der Waals surface area contributed by atoms with Gasteiger partial charge in [-0.15, -0.1) is 0 Å². The Morgan fingerprint density at radius 1 is 1.47 bits per heavy atom. The second kappa shape index (κ2) is 3.07. The first-order valence-electron chi connectivity index (χ1n) is 4.76. The predicted octanol–water partition coefficient (Wildman–Crippen LogP) is -0.253. The number of anilines is 1. The highest BCUT2D eigenvalue weighted by Gasteiger charge is 2.62. The quantitative estimate of drug-likeness (QED) is 0.688. The summed E-state index contributed by atoms with van der Waals surface area (Å²) in [4.78, 5) is 11.8. The Kier molecular flexibility index (Phi) is 2.10. The summed E-state index contributed by atoms with van der Waals surface area (Å²) in [6, 6.07) is 1.81. The first kappa shape index (κ1) is 11.6. The number of nitrogens with zero attached hydrogens (tertiary/aromatic N) is 4. The number of nitriles is 1. The number of hydrogen-bond acceptors (Lipinski definition) is 5. The second-order valence-corrected chi connectivity index (χ2v) is 6.57. The van der Waals surface area contributed by atoms with Gasteiger partial charge in [-0.05, 0) is 13.8 Å². The summed E-state index contributed by atoms with van der Waals surface area (Å²) >= 11 is 0. The standard InChI is InChI=1S/C9H10N4O3S/c1-9(2)8(14)13(17(9,15)16)7-6(4-10)5-12(3)11-7/h5H,1-3H3. The molecule has 1 fully saturated rings. The maximum Gasteiger partial charge on any atom is 0.264 e. The van der Waals surface area contributed by atoms with Crippen LogP contribution in [0.5, 0.6) is 0 Å². The Bertz CT molecular complexity index is 650. The van der Waals surface area contributed by atoms with E-state index < -0.39 is 20.7 Å². The van der Waals surface area contributed by atoms with Crippen molar-refractivity contribution in [3.63, 3.8) is 0 Å². The zero-order chi connectivity index (χ0) is 13.0. The lowest BCUT2D eigenvalue weighted by Crippen LogP contribution is -2.68. The molecule has 1 saturated heterocycles. The number of carbonyl (C=O) groups is 1. The number of aryl methyl sites for hydroxylation is 1. The Labute approximate surface area is 98.3 Å². The number of aromatic nitrogens is 2. The van der Waals surface area contributed by atoms with Gasteiger partial charge in [0.05, 0.1) is 0 Å². The van der Waals surface area contributed by atoms with Gasteiger partial charge in [0, 0.05) is 13.2 Å². The molecule has 1 aromatic rings. The fourth-order valence-corrected chi connectivity index (χ4v) is 3.01. The van der Waals surface area contributed by atoms with Crippen molar-refractivity contribution < 1.29 is 13.2 Å². The van der Waals surface area contributed by atoms with Crippen LogP contribution in [0.2, 0.25) is 0 Å². The molecule has 1 aliphatic rings. The van der Waals surface area contributed by atoms with E-state index in [4.69, 9.17) is 5.26 Å². The van der Waals surface area contributed by atoms with Crippen LogP contribution in [-0.4, -0.2) is 28.9 Å². The van der Waals surface area contributed by atoms with Gasteiger partial charge in [0.15, 0.2) is 10.6 Å². The molecule has 0 unspecified atom stereocenters. The van der Waals surface area contributed by atoms with Crippen LogP contribution in [0.1, 0.15) is 19.4 Å². The molecule has 1 aromatic heterocycles. The predicted molar refractivity (Wildman–Crippen MR) is 58.4 cm³/mol. The van der Waals surface area contributed by atoms with Crippen LogP contribution in [0, 0.1) is 11.3 Å². The Morgan fingerprint density at radius 2 is 2.06 bits per heavy atom. The van der Waals surface area contributed by atoms with Crippen molar-refractivity contribution in [3.8, 4) is 6.07 Å². The highest BCUT2D eigenvalue weighted by Crippen LogP contribution is 2.39. The highest BCUT2D eigenvalue weighted by molar-refractivity contribution is 7.98. The van der Waals surface area contributed by atoms with E-state index in [1.54, 1.807) is 7.05 Å². The summed E-state index contributed by atoms with van der Waals surface area (Å²) in [5, 5.41) is 12.7. The van der Waals surface area contributed by atoms with Gasteiger partial charge in [0.25, 0.3) is 15.9 Å². The van der Waals surface area contributed by atoms with E-state index in [0.29, 0.717) is 4.31 Å². The maximum atomic E-state index is 11.9. The molecule has 0 aromatic carbocycles. The SMILES string of the molecule is Cn1cc(C#N)c(N2C(=O)C(C)(C)S2(=O)=O)n1.